The molecule has 0 bridgehead atoms. The first-order valence-electron chi connectivity index (χ1n) is 7.23. The Bertz CT molecular complexity index is 963. The molecule has 8 heteroatoms. The second kappa shape index (κ2) is 5.42. The van der Waals surface area contributed by atoms with Crippen molar-refractivity contribution in [2.24, 2.45) is 0 Å². The third kappa shape index (κ3) is 2.09. The van der Waals surface area contributed by atoms with Crippen LogP contribution in [0.2, 0.25) is 0 Å². The Morgan fingerprint density at radius 2 is 1.92 bits per heavy atom. The van der Waals surface area contributed by atoms with Crippen LogP contribution in [0.1, 0.15) is 11.3 Å². The Hall–Kier alpha value is -1.67. The van der Waals surface area contributed by atoms with E-state index in [4.69, 9.17) is 4.74 Å². The molecule has 0 spiro atoms. The summed E-state index contributed by atoms with van der Waals surface area (Å²) in [6, 6.07) is 10.8. The van der Waals surface area contributed by atoms with E-state index in [-0.39, 0.29) is 0 Å². The molecule has 3 heterocycles. The topological polar surface area (TPSA) is 17.2 Å². The predicted molar refractivity (Wildman–Crippen MR) is 97.9 cm³/mol. The molecule has 0 fully saturated rings. The van der Waals surface area contributed by atoms with Gasteiger partial charge in [-0.25, -0.2) is 0 Å². The van der Waals surface area contributed by atoms with Crippen molar-refractivity contribution in [2.75, 3.05) is 7.11 Å². The van der Waals surface area contributed by atoms with Gasteiger partial charge in [-0.15, -0.1) is 0 Å². The van der Waals surface area contributed by atoms with Crippen LogP contribution in [-0.2, 0) is 0 Å². The van der Waals surface area contributed by atoms with Crippen LogP contribution in [-0.4, -0.2) is 27.7 Å². The summed E-state index contributed by atoms with van der Waals surface area (Å²) in [7, 11) is 1.58. The number of aromatic nitrogens is 1. The molecule has 2 aliphatic rings. The summed E-state index contributed by atoms with van der Waals surface area (Å²) in [4.78, 5) is 0. The summed E-state index contributed by atoms with van der Waals surface area (Å²) >= 11 is 6.50. The van der Waals surface area contributed by atoms with E-state index in [1.54, 1.807) is 31.4 Å². The molecule has 0 saturated heterocycles. The first-order valence-corrected chi connectivity index (χ1v) is 8.82. The van der Waals surface area contributed by atoms with Crippen molar-refractivity contribution in [3.63, 3.8) is 0 Å². The van der Waals surface area contributed by atoms with Crippen molar-refractivity contribution >= 4 is 49.0 Å². The minimum Gasteiger partial charge on any atom is -0.497 e. The predicted octanol–water partition coefficient (Wildman–Crippen LogP) is 4.63. The van der Waals surface area contributed by atoms with Crippen LogP contribution in [0.25, 0.3) is 5.57 Å². The van der Waals surface area contributed by atoms with Crippen molar-refractivity contribution in [3.05, 3.63) is 70.1 Å². The number of methoxy groups -OCH3 is 1. The van der Waals surface area contributed by atoms with Gasteiger partial charge in [0.05, 0.1) is 17.3 Å². The van der Waals surface area contributed by atoms with E-state index in [0.717, 1.165) is 20.1 Å². The standard InChI is InChI=1S/C16H11BBr2F2N2O/c1-24-11-4-2-3-10(9-11)16-12-5-7-14(18)22(12)17(20,21)23-13(16)6-8-15(23)19/h2-9H,1H3. The summed E-state index contributed by atoms with van der Waals surface area (Å²) in [5.74, 6) is 0.678. The van der Waals surface area contributed by atoms with Crippen LogP contribution in [0.4, 0.5) is 8.63 Å². The van der Waals surface area contributed by atoms with Gasteiger partial charge in [0.25, 0.3) is 0 Å². The zero-order valence-corrected chi connectivity index (χ0v) is 15.7. The largest absolute Gasteiger partial charge is 0.738 e. The van der Waals surface area contributed by atoms with Gasteiger partial charge in [0.2, 0.25) is 4.62 Å². The normalized spacial score (nSPS) is 18.0. The fourth-order valence-electron chi connectivity index (χ4n) is 3.21. The maximum Gasteiger partial charge on any atom is 0.738 e. The second-order valence-electron chi connectivity index (χ2n) is 5.52. The molecule has 0 atom stereocenters. The van der Waals surface area contributed by atoms with E-state index in [9.17, 15) is 0 Å². The number of rotatable bonds is 2. The average molecular weight is 456 g/mol. The Balaban J connectivity index is 2.08. The molecule has 3 nitrogen and oxygen atoms in total. The molecule has 0 unspecified atom stereocenters. The highest BCUT2D eigenvalue weighted by Crippen LogP contribution is 2.42. The first-order chi connectivity index (χ1) is 11.4. The number of halogens is 4. The SMILES string of the molecule is COc1cccc(C2=C3C=CC(Br)=[N+]3[B-](F)(F)n3c(Br)ccc32)c1. The smallest absolute Gasteiger partial charge is 0.497 e. The van der Waals surface area contributed by atoms with Gasteiger partial charge in [-0.3, -0.25) is 0 Å². The lowest BCUT2D eigenvalue weighted by Gasteiger charge is -2.32. The summed E-state index contributed by atoms with van der Waals surface area (Å²) in [6.07, 6.45) is 3.35. The molecule has 1 aromatic heterocycles. The van der Waals surface area contributed by atoms with Crippen molar-refractivity contribution < 1.29 is 17.9 Å². The molecule has 0 aliphatic carbocycles. The van der Waals surface area contributed by atoms with Crippen molar-refractivity contribution in [3.8, 4) is 5.75 Å². The summed E-state index contributed by atoms with van der Waals surface area (Å²) in [5, 5.41) is 0. The van der Waals surface area contributed by atoms with Gasteiger partial charge < -0.3 is 22.3 Å². The van der Waals surface area contributed by atoms with Crippen LogP contribution in [0.15, 0.2) is 58.9 Å². The molecular weight excluding hydrogens is 445 g/mol. The van der Waals surface area contributed by atoms with Crippen molar-refractivity contribution in [2.45, 2.75) is 0 Å². The highest BCUT2D eigenvalue weighted by molar-refractivity contribution is 9.18. The molecule has 2 aromatic rings. The molecular formula is C16H11BBr2F2N2O. The third-order valence-electron chi connectivity index (χ3n) is 4.23. The van der Waals surface area contributed by atoms with Gasteiger partial charge in [0.15, 0.2) is 5.70 Å². The lowest BCUT2D eigenvalue weighted by Crippen LogP contribution is -2.50. The van der Waals surface area contributed by atoms with E-state index in [1.165, 1.54) is 0 Å². The van der Waals surface area contributed by atoms with E-state index in [2.05, 4.69) is 31.9 Å². The molecule has 0 amide bonds. The van der Waals surface area contributed by atoms with Crippen molar-refractivity contribution in [1.29, 1.82) is 0 Å². The Labute approximate surface area is 154 Å². The zero-order valence-electron chi connectivity index (χ0n) is 12.5. The summed E-state index contributed by atoms with van der Waals surface area (Å²) in [5.41, 5.74) is 2.49. The van der Waals surface area contributed by atoms with Crippen LogP contribution in [0.3, 0.4) is 0 Å². The van der Waals surface area contributed by atoms with Gasteiger partial charge in [-0.1, -0.05) is 12.1 Å². The highest BCUT2D eigenvalue weighted by Gasteiger charge is 2.54. The molecule has 4 rings (SSSR count). The van der Waals surface area contributed by atoms with Crippen LogP contribution < -0.4 is 4.74 Å². The monoisotopic (exact) mass is 454 g/mol. The van der Waals surface area contributed by atoms with Crippen LogP contribution in [0, 0.1) is 0 Å². The summed E-state index contributed by atoms with van der Waals surface area (Å²) < 4.78 is 38.3. The number of hydrogen-bond acceptors (Lipinski definition) is 1. The van der Waals surface area contributed by atoms with E-state index < -0.39 is 6.97 Å². The third-order valence-corrected chi connectivity index (χ3v) is 5.52. The number of fused-ring (bicyclic) bond motifs is 2. The van der Waals surface area contributed by atoms with Gasteiger partial charge in [-0.05, 0) is 45.8 Å². The zero-order chi connectivity index (χ0) is 17.1. The quantitative estimate of drug-likeness (QED) is 0.603. The molecule has 2 aliphatic heterocycles. The maximum absolute atomic E-state index is 15.1. The first kappa shape index (κ1) is 15.8. The molecule has 0 N–H and O–H groups in total. The van der Waals surface area contributed by atoms with Crippen LogP contribution in [0.5, 0.6) is 5.75 Å². The van der Waals surface area contributed by atoms with E-state index in [1.807, 2.05) is 24.3 Å². The fraction of sp³-hybridized carbons (Fsp3) is 0.0625. The molecule has 0 saturated carbocycles. The number of benzene rings is 1. The second-order valence-corrected chi connectivity index (χ2v) is 7.14. The Kier molecular flexibility index (Phi) is 3.58. The van der Waals surface area contributed by atoms with E-state index in [0.29, 0.717) is 26.4 Å². The lowest BCUT2D eigenvalue weighted by molar-refractivity contribution is -0.358. The van der Waals surface area contributed by atoms with E-state index >= 15 is 8.63 Å². The van der Waals surface area contributed by atoms with Gasteiger partial charge in [-0.2, -0.15) is 0 Å². The minimum atomic E-state index is -3.99. The van der Waals surface area contributed by atoms with Gasteiger partial charge in [0.1, 0.15) is 5.75 Å². The maximum atomic E-state index is 15.1. The fourth-order valence-corrected chi connectivity index (χ4v) is 4.35. The average Bonchev–Trinajstić information content (AvgIpc) is 3.13. The van der Waals surface area contributed by atoms with Crippen molar-refractivity contribution in [1.82, 2.24) is 4.48 Å². The summed E-state index contributed by atoms with van der Waals surface area (Å²) in [6.45, 7) is -3.99. The van der Waals surface area contributed by atoms with Gasteiger partial charge >= 0.3 is 6.97 Å². The Morgan fingerprint density at radius 3 is 2.67 bits per heavy atom. The molecule has 24 heavy (non-hydrogen) atoms. The number of nitrogens with zero attached hydrogens (tertiary/aromatic N) is 2. The Morgan fingerprint density at radius 1 is 1.12 bits per heavy atom. The number of ether oxygens (including phenoxy) is 1. The lowest BCUT2D eigenvalue weighted by atomic mass is 9.86. The molecule has 122 valence electrons. The number of allylic oxidation sites excluding steroid dienone is 2. The highest BCUT2D eigenvalue weighted by atomic mass is 79.9. The number of hydrogen-bond donors (Lipinski definition) is 0. The molecule has 0 radical (unpaired) electrons. The van der Waals surface area contributed by atoms with Crippen LogP contribution >= 0.6 is 31.9 Å². The molecule has 1 aromatic carbocycles. The van der Waals surface area contributed by atoms with Gasteiger partial charge in [0, 0.05) is 33.8 Å². The minimum absolute atomic E-state index is 0.342.